The number of nitriles is 1. The van der Waals surface area contributed by atoms with E-state index < -0.39 is 0 Å². The third kappa shape index (κ3) is 1.27. The molecular weight excluding hydrogens is 174 g/mol. The van der Waals surface area contributed by atoms with Crippen molar-refractivity contribution in [2.75, 3.05) is 7.11 Å². The molecule has 1 aliphatic rings. The van der Waals surface area contributed by atoms with Crippen molar-refractivity contribution in [1.29, 1.82) is 5.26 Å². The highest BCUT2D eigenvalue weighted by Crippen LogP contribution is 2.33. The molecule has 0 saturated heterocycles. The summed E-state index contributed by atoms with van der Waals surface area (Å²) in [5.41, 5.74) is 2.93. The molecule has 0 aromatic heterocycles. The van der Waals surface area contributed by atoms with Crippen LogP contribution in [0, 0.1) is 11.3 Å². The molecule has 0 radical (unpaired) electrons. The molecule has 2 rings (SSSR count). The van der Waals surface area contributed by atoms with E-state index in [2.05, 4.69) is 12.1 Å². The number of nitrogens with zero attached hydrogens (tertiary/aromatic N) is 1. The molecule has 0 fully saturated rings. The van der Waals surface area contributed by atoms with Gasteiger partial charge in [-0.3, -0.25) is 0 Å². The second-order valence-corrected chi connectivity index (χ2v) is 3.26. The van der Waals surface area contributed by atoms with E-state index in [-0.39, 0.29) is 0 Å². The monoisotopic (exact) mass is 185 g/mol. The van der Waals surface area contributed by atoms with Crippen molar-refractivity contribution in [3.8, 4) is 11.8 Å². The van der Waals surface area contributed by atoms with Crippen LogP contribution in [0.3, 0.4) is 0 Å². The Hall–Kier alpha value is -1.75. The summed E-state index contributed by atoms with van der Waals surface area (Å²) < 4.78 is 5.25. The Bertz CT molecular complexity index is 426. The second kappa shape index (κ2) is 3.55. The van der Waals surface area contributed by atoms with Gasteiger partial charge in [-0.05, 0) is 24.5 Å². The number of aryl methyl sites for hydroxylation is 1. The normalized spacial score (nSPS) is 13.9. The molecule has 0 N–H and O–H groups in total. The van der Waals surface area contributed by atoms with E-state index in [4.69, 9.17) is 10.00 Å². The average Bonchev–Trinajstić information content (AvgIpc) is 2.27. The van der Waals surface area contributed by atoms with Gasteiger partial charge in [0.2, 0.25) is 0 Å². The van der Waals surface area contributed by atoms with Gasteiger partial charge in [0, 0.05) is 5.56 Å². The van der Waals surface area contributed by atoms with E-state index in [1.54, 1.807) is 7.11 Å². The van der Waals surface area contributed by atoms with Crippen molar-refractivity contribution in [2.45, 2.75) is 12.8 Å². The van der Waals surface area contributed by atoms with Crippen LogP contribution in [0.5, 0.6) is 5.75 Å². The lowest BCUT2D eigenvalue weighted by Crippen LogP contribution is -2.01. The third-order valence-electron chi connectivity index (χ3n) is 2.48. The van der Waals surface area contributed by atoms with Crippen LogP contribution in [0.4, 0.5) is 0 Å². The lowest BCUT2D eigenvalue weighted by atomic mass is 9.91. The summed E-state index contributed by atoms with van der Waals surface area (Å²) in [6, 6.07) is 8.14. The zero-order valence-corrected chi connectivity index (χ0v) is 8.08. The Morgan fingerprint density at radius 1 is 1.43 bits per heavy atom. The second-order valence-electron chi connectivity index (χ2n) is 3.26. The molecular formula is C12H11NO. The van der Waals surface area contributed by atoms with E-state index in [0.717, 1.165) is 29.7 Å². The van der Waals surface area contributed by atoms with E-state index in [0.29, 0.717) is 0 Å². The first-order valence-electron chi connectivity index (χ1n) is 4.63. The van der Waals surface area contributed by atoms with Crippen molar-refractivity contribution < 1.29 is 4.74 Å². The summed E-state index contributed by atoms with van der Waals surface area (Å²) in [6.45, 7) is 0. The molecule has 2 nitrogen and oxygen atoms in total. The largest absolute Gasteiger partial charge is 0.496 e. The van der Waals surface area contributed by atoms with Crippen LogP contribution in [-0.4, -0.2) is 7.11 Å². The highest BCUT2D eigenvalue weighted by molar-refractivity contribution is 5.83. The standard InChI is InChI=1S/C12H11NO/c1-14-11-7-3-5-9-4-2-6-10(8-13)12(9)11/h3,5-7H,2,4H2,1H3. The molecule has 0 amide bonds. The lowest BCUT2D eigenvalue weighted by molar-refractivity contribution is 0.413. The zero-order valence-electron chi connectivity index (χ0n) is 8.08. The quantitative estimate of drug-likeness (QED) is 0.673. The van der Waals surface area contributed by atoms with Gasteiger partial charge in [-0.1, -0.05) is 18.2 Å². The van der Waals surface area contributed by atoms with Crippen molar-refractivity contribution in [2.24, 2.45) is 0 Å². The van der Waals surface area contributed by atoms with Gasteiger partial charge in [-0.25, -0.2) is 0 Å². The zero-order chi connectivity index (χ0) is 9.97. The Labute approximate surface area is 83.4 Å². The van der Waals surface area contributed by atoms with E-state index >= 15 is 0 Å². The number of hydrogen-bond acceptors (Lipinski definition) is 2. The molecule has 2 heteroatoms. The van der Waals surface area contributed by atoms with Gasteiger partial charge in [-0.2, -0.15) is 5.26 Å². The Morgan fingerprint density at radius 2 is 2.29 bits per heavy atom. The van der Waals surface area contributed by atoms with Crippen LogP contribution in [0.15, 0.2) is 24.3 Å². The fourth-order valence-electron chi connectivity index (χ4n) is 1.84. The smallest absolute Gasteiger partial charge is 0.127 e. The molecule has 1 aromatic rings. The highest BCUT2D eigenvalue weighted by Gasteiger charge is 2.16. The molecule has 1 aliphatic carbocycles. The number of rotatable bonds is 1. The van der Waals surface area contributed by atoms with Crippen LogP contribution >= 0.6 is 0 Å². The minimum atomic E-state index is 0.740. The van der Waals surface area contributed by atoms with Gasteiger partial charge in [0.15, 0.2) is 0 Å². The van der Waals surface area contributed by atoms with Crippen LogP contribution < -0.4 is 4.74 Å². The van der Waals surface area contributed by atoms with Crippen LogP contribution in [-0.2, 0) is 6.42 Å². The van der Waals surface area contributed by atoms with Gasteiger partial charge in [0.1, 0.15) is 5.75 Å². The summed E-state index contributed by atoms with van der Waals surface area (Å²) in [4.78, 5) is 0. The van der Waals surface area contributed by atoms with Crippen molar-refractivity contribution >= 4 is 5.57 Å². The van der Waals surface area contributed by atoms with E-state index in [1.807, 2.05) is 18.2 Å². The first kappa shape index (κ1) is 8.83. The predicted molar refractivity (Wildman–Crippen MR) is 54.9 cm³/mol. The highest BCUT2D eigenvalue weighted by atomic mass is 16.5. The maximum absolute atomic E-state index is 8.98. The van der Waals surface area contributed by atoms with Crippen molar-refractivity contribution in [3.63, 3.8) is 0 Å². The van der Waals surface area contributed by atoms with Gasteiger partial charge >= 0.3 is 0 Å². The maximum Gasteiger partial charge on any atom is 0.127 e. The number of benzene rings is 1. The summed E-state index contributed by atoms with van der Waals surface area (Å²) in [5.74, 6) is 0.801. The van der Waals surface area contributed by atoms with Crippen LogP contribution in [0.25, 0.3) is 5.57 Å². The molecule has 0 atom stereocenters. The summed E-state index contributed by atoms with van der Waals surface area (Å²) >= 11 is 0. The average molecular weight is 185 g/mol. The van der Waals surface area contributed by atoms with Gasteiger partial charge in [0.25, 0.3) is 0 Å². The molecule has 1 aromatic carbocycles. The van der Waals surface area contributed by atoms with Gasteiger partial charge < -0.3 is 4.74 Å². The number of hydrogen-bond donors (Lipinski definition) is 0. The first-order valence-corrected chi connectivity index (χ1v) is 4.63. The third-order valence-corrected chi connectivity index (χ3v) is 2.48. The fraction of sp³-hybridized carbons (Fsp3) is 0.250. The SMILES string of the molecule is COc1cccc2c1C(C#N)=CCC2. The lowest BCUT2D eigenvalue weighted by Gasteiger charge is -2.16. The topological polar surface area (TPSA) is 33.0 Å². The molecule has 70 valence electrons. The van der Waals surface area contributed by atoms with Crippen LogP contribution in [0.1, 0.15) is 17.5 Å². The first-order chi connectivity index (χ1) is 6.86. The molecule has 0 aliphatic heterocycles. The molecule has 0 saturated carbocycles. The minimum Gasteiger partial charge on any atom is -0.496 e. The number of methoxy groups -OCH3 is 1. The van der Waals surface area contributed by atoms with Crippen molar-refractivity contribution in [3.05, 3.63) is 35.4 Å². The van der Waals surface area contributed by atoms with Gasteiger partial charge in [0.05, 0.1) is 18.8 Å². The Balaban J connectivity index is 2.63. The predicted octanol–water partition coefficient (Wildman–Crippen LogP) is 2.55. The number of fused-ring (bicyclic) bond motifs is 1. The molecule has 0 heterocycles. The minimum absolute atomic E-state index is 0.740. The Morgan fingerprint density at radius 3 is 3.00 bits per heavy atom. The number of ether oxygens (including phenoxy) is 1. The van der Waals surface area contributed by atoms with Crippen LogP contribution in [0.2, 0.25) is 0 Å². The summed E-state index contributed by atoms with van der Waals surface area (Å²) in [5, 5.41) is 8.98. The molecule has 0 bridgehead atoms. The van der Waals surface area contributed by atoms with Gasteiger partial charge in [-0.15, -0.1) is 0 Å². The van der Waals surface area contributed by atoms with Crippen molar-refractivity contribution in [1.82, 2.24) is 0 Å². The summed E-state index contributed by atoms with van der Waals surface area (Å²) in [6.07, 6.45) is 3.92. The molecule has 14 heavy (non-hydrogen) atoms. The Kier molecular flexibility index (Phi) is 2.24. The molecule has 0 unspecified atom stereocenters. The fourth-order valence-corrected chi connectivity index (χ4v) is 1.84. The summed E-state index contributed by atoms with van der Waals surface area (Å²) in [7, 11) is 1.64. The van der Waals surface area contributed by atoms with E-state index in [1.165, 1.54) is 5.56 Å². The maximum atomic E-state index is 8.98. The van der Waals surface area contributed by atoms with E-state index in [9.17, 15) is 0 Å². The molecule has 0 spiro atoms. The number of allylic oxidation sites excluding steroid dienone is 2.